The maximum atomic E-state index is 4.63. The topological polar surface area (TPSA) is 53.9 Å². The molecule has 128 valence electrons. The Labute approximate surface area is 147 Å². The van der Waals surface area contributed by atoms with Gasteiger partial charge in [-0.15, -0.1) is 0 Å². The van der Waals surface area contributed by atoms with Crippen LogP contribution >= 0.6 is 11.8 Å². The zero-order chi connectivity index (χ0) is 16.2. The molecule has 2 aromatic rings. The second-order valence-corrected chi connectivity index (χ2v) is 8.06. The Morgan fingerprint density at radius 3 is 2.67 bits per heavy atom. The minimum Gasteiger partial charge on any atom is -0.368 e. The molecule has 1 N–H and O–H groups in total. The summed E-state index contributed by atoms with van der Waals surface area (Å²) in [6.07, 6.45) is 10.1. The highest BCUT2D eigenvalue weighted by molar-refractivity contribution is 7.99. The summed E-state index contributed by atoms with van der Waals surface area (Å²) >= 11 is 2.09. The maximum absolute atomic E-state index is 4.63. The lowest BCUT2D eigenvalue weighted by Crippen LogP contribution is -2.57. The van der Waals surface area contributed by atoms with E-state index in [-0.39, 0.29) is 0 Å². The molecule has 0 unspecified atom stereocenters. The predicted molar refractivity (Wildman–Crippen MR) is 101 cm³/mol. The van der Waals surface area contributed by atoms with Crippen LogP contribution in [0.15, 0.2) is 24.5 Å². The van der Waals surface area contributed by atoms with Crippen molar-refractivity contribution >= 4 is 28.7 Å². The number of rotatable bonds is 4. The fraction of sp³-hybridized carbons (Fsp3) is 0.611. The predicted octanol–water partition coefficient (Wildman–Crippen LogP) is 3.19. The first-order chi connectivity index (χ1) is 11.9. The van der Waals surface area contributed by atoms with Crippen LogP contribution < -0.4 is 5.32 Å². The number of thioether (sulfide) groups is 1. The molecule has 4 rings (SSSR count). The minimum absolute atomic E-state index is 0.304. The third kappa shape index (κ3) is 3.35. The Balaban J connectivity index is 1.51. The molecule has 6 heteroatoms. The van der Waals surface area contributed by atoms with Crippen LogP contribution in [0, 0.1) is 0 Å². The third-order valence-corrected chi connectivity index (χ3v) is 6.34. The highest BCUT2D eigenvalue weighted by Crippen LogP contribution is 2.35. The van der Waals surface area contributed by atoms with Gasteiger partial charge in [-0.3, -0.25) is 9.88 Å². The van der Waals surface area contributed by atoms with Gasteiger partial charge in [0.15, 0.2) is 5.65 Å². The van der Waals surface area contributed by atoms with Crippen molar-refractivity contribution in [1.82, 2.24) is 19.9 Å². The van der Waals surface area contributed by atoms with E-state index in [0.717, 1.165) is 23.5 Å². The number of hydrogen-bond acceptors (Lipinski definition) is 6. The number of hydrogen-bond donors (Lipinski definition) is 1. The molecule has 1 aliphatic heterocycles. The van der Waals surface area contributed by atoms with Crippen LogP contribution in [0.2, 0.25) is 0 Å². The molecule has 0 aromatic carbocycles. The van der Waals surface area contributed by atoms with Crippen molar-refractivity contribution in [3.05, 3.63) is 24.5 Å². The normalized spacial score (nSPS) is 21.7. The summed E-state index contributed by atoms with van der Waals surface area (Å²) < 4.78 is 0. The first-order valence-electron chi connectivity index (χ1n) is 9.00. The van der Waals surface area contributed by atoms with E-state index in [9.17, 15) is 0 Å². The summed E-state index contributed by atoms with van der Waals surface area (Å²) in [5.41, 5.74) is 1.87. The van der Waals surface area contributed by atoms with Gasteiger partial charge in [-0.25, -0.2) is 9.97 Å². The van der Waals surface area contributed by atoms with Crippen molar-refractivity contribution in [3.8, 4) is 0 Å². The molecule has 5 nitrogen and oxygen atoms in total. The van der Waals surface area contributed by atoms with E-state index in [0.29, 0.717) is 5.54 Å². The van der Waals surface area contributed by atoms with Crippen molar-refractivity contribution in [1.29, 1.82) is 0 Å². The van der Waals surface area contributed by atoms with Gasteiger partial charge in [0.1, 0.15) is 11.3 Å². The summed E-state index contributed by atoms with van der Waals surface area (Å²) in [6.45, 7) is 3.43. The fourth-order valence-electron chi connectivity index (χ4n) is 4.06. The van der Waals surface area contributed by atoms with Crippen LogP contribution in [0.1, 0.15) is 32.1 Å². The van der Waals surface area contributed by atoms with Gasteiger partial charge in [0.05, 0.1) is 0 Å². The molecule has 0 spiro atoms. The van der Waals surface area contributed by atoms with E-state index >= 15 is 0 Å². The summed E-state index contributed by atoms with van der Waals surface area (Å²) in [7, 11) is 0. The number of aromatic nitrogens is 3. The lowest BCUT2D eigenvalue weighted by Gasteiger charge is -2.48. The quantitative estimate of drug-likeness (QED) is 0.920. The largest absolute Gasteiger partial charge is 0.368 e. The molecule has 1 saturated carbocycles. The summed E-state index contributed by atoms with van der Waals surface area (Å²) in [5, 5.41) is 3.62. The standard InChI is InChI=1S/C18H25N5S/c1-2-6-18(7-3-1,23-10-12-24-13-11-23)14-21-16-5-4-15-17(22-16)20-9-8-19-15/h4-5,8-9H,1-3,6-7,10-14H2,(H,20,21,22). The second-order valence-electron chi connectivity index (χ2n) is 6.83. The van der Waals surface area contributed by atoms with Crippen molar-refractivity contribution in [2.45, 2.75) is 37.6 Å². The highest BCUT2D eigenvalue weighted by Gasteiger charge is 2.38. The van der Waals surface area contributed by atoms with Crippen LogP contribution in [-0.2, 0) is 0 Å². The summed E-state index contributed by atoms with van der Waals surface area (Å²) in [6, 6.07) is 4.03. The van der Waals surface area contributed by atoms with E-state index in [1.165, 1.54) is 56.7 Å². The minimum atomic E-state index is 0.304. The van der Waals surface area contributed by atoms with Gasteiger partial charge in [-0.1, -0.05) is 19.3 Å². The Morgan fingerprint density at radius 2 is 1.83 bits per heavy atom. The van der Waals surface area contributed by atoms with Gasteiger partial charge in [-0.2, -0.15) is 11.8 Å². The Morgan fingerprint density at radius 1 is 1.04 bits per heavy atom. The van der Waals surface area contributed by atoms with Gasteiger partial charge >= 0.3 is 0 Å². The molecule has 1 aliphatic carbocycles. The lowest BCUT2D eigenvalue weighted by atomic mass is 9.80. The molecular weight excluding hydrogens is 318 g/mol. The SMILES string of the molecule is c1cnc2nc(NCC3(N4CCSCC4)CCCCC3)ccc2n1. The molecule has 2 aromatic heterocycles. The van der Waals surface area contributed by atoms with E-state index in [2.05, 4.69) is 36.9 Å². The van der Waals surface area contributed by atoms with E-state index in [4.69, 9.17) is 0 Å². The molecule has 2 aliphatic rings. The first-order valence-corrected chi connectivity index (χ1v) is 10.2. The van der Waals surface area contributed by atoms with Crippen LogP contribution in [0.25, 0.3) is 11.2 Å². The molecule has 3 heterocycles. The Hall–Kier alpha value is -1.40. The Bertz CT molecular complexity index is 680. The zero-order valence-corrected chi connectivity index (χ0v) is 14.9. The Kier molecular flexibility index (Phi) is 4.85. The van der Waals surface area contributed by atoms with Crippen LogP contribution in [0.3, 0.4) is 0 Å². The number of nitrogens with one attached hydrogen (secondary N) is 1. The van der Waals surface area contributed by atoms with E-state index < -0.39 is 0 Å². The van der Waals surface area contributed by atoms with Crippen LogP contribution in [-0.4, -0.2) is 56.5 Å². The van der Waals surface area contributed by atoms with Gasteiger partial charge < -0.3 is 5.32 Å². The number of fused-ring (bicyclic) bond motifs is 1. The van der Waals surface area contributed by atoms with Gasteiger partial charge in [0, 0.05) is 49.1 Å². The number of nitrogens with zero attached hydrogens (tertiary/aromatic N) is 4. The molecule has 0 bridgehead atoms. The molecule has 0 atom stereocenters. The molecular formula is C18H25N5S. The van der Waals surface area contributed by atoms with Crippen LogP contribution in [0.5, 0.6) is 0 Å². The lowest BCUT2D eigenvalue weighted by molar-refractivity contribution is 0.0706. The molecule has 0 amide bonds. The van der Waals surface area contributed by atoms with Crippen LogP contribution in [0.4, 0.5) is 5.82 Å². The van der Waals surface area contributed by atoms with Crippen molar-refractivity contribution in [2.24, 2.45) is 0 Å². The van der Waals surface area contributed by atoms with Crippen molar-refractivity contribution in [3.63, 3.8) is 0 Å². The number of anilines is 1. The molecule has 0 radical (unpaired) electrons. The van der Waals surface area contributed by atoms with Crippen molar-refractivity contribution in [2.75, 3.05) is 36.5 Å². The number of pyridine rings is 1. The average Bonchev–Trinajstić information content (AvgIpc) is 2.68. The van der Waals surface area contributed by atoms with E-state index in [1.54, 1.807) is 12.4 Å². The summed E-state index contributed by atoms with van der Waals surface area (Å²) in [4.78, 5) is 16.0. The monoisotopic (exact) mass is 343 g/mol. The maximum Gasteiger partial charge on any atom is 0.180 e. The summed E-state index contributed by atoms with van der Waals surface area (Å²) in [5.74, 6) is 3.45. The molecule has 2 fully saturated rings. The highest BCUT2D eigenvalue weighted by atomic mass is 32.2. The fourth-order valence-corrected chi connectivity index (χ4v) is 4.96. The zero-order valence-electron chi connectivity index (χ0n) is 14.1. The smallest absolute Gasteiger partial charge is 0.180 e. The third-order valence-electron chi connectivity index (χ3n) is 5.40. The van der Waals surface area contributed by atoms with Crippen molar-refractivity contribution < 1.29 is 0 Å². The molecule has 24 heavy (non-hydrogen) atoms. The van der Waals surface area contributed by atoms with Gasteiger partial charge in [0.2, 0.25) is 0 Å². The average molecular weight is 344 g/mol. The first kappa shape index (κ1) is 16.1. The van der Waals surface area contributed by atoms with E-state index in [1.807, 2.05) is 12.1 Å². The second kappa shape index (κ2) is 7.23. The molecule has 1 saturated heterocycles. The van der Waals surface area contributed by atoms with Gasteiger partial charge in [0.25, 0.3) is 0 Å². The van der Waals surface area contributed by atoms with Gasteiger partial charge in [-0.05, 0) is 25.0 Å².